The molecule has 0 fully saturated rings. The van der Waals surface area contributed by atoms with Crippen molar-refractivity contribution in [2.24, 2.45) is 5.73 Å². The second-order valence-corrected chi connectivity index (χ2v) is 8.44. The Morgan fingerprint density at radius 1 is 0.914 bits per heavy atom. The minimum Gasteiger partial charge on any atom is -0.493 e. The van der Waals surface area contributed by atoms with Crippen molar-refractivity contribution in [3.63, 3.8) is 0 Å². The topological polar surface area (TPSA) is 81.8 Å². The number of rotatable bonds is 12. The molecule has 194 valence electrons. The number of ether oxygens (including phenoxy) is 1. The van der Waals surface area contributed by atoms with Crippen LogP contribution in [0, 0.1) is 5.82 Å². The summed E-state index contributed by atoms with van der Waals surface area (Å²) in [4.78, 5) is 0. The molecule has 0 bridgehead atoms. The lowest BCUT2D eigenvalue weighted by Gasteiger charge is -2.24. The van der Waals surface area contributed by atoms with E-state index >= 15 is 0 Å². The molecule has 0 amide bonds. The molecule has 0 spiro atoms. The molecule has 0 aliphatic rings. The molecule has 2 aromatic carbocycles. The normalized spacial score (nSPS) is 14.2. The number of halogens is 7. The highest BCUT2D eigenvalue weighted by molar-refractivity contribution is 7.17. The van der Waals surface area contributed by atoms with Crippen molar-refractivity contribution in [1.82, 2.24) is 0 Å². The molecule has 0 saturated heterocycles. The summed E-state index contributed by atoms with van der Waals surface area (Å²) in [6.07, 6.45) is -9.35. The van der Waals surface area contributed by atoms with Crippen molar-refractivity contribution >= 4 is 8.69 Å². The Hall–Kier alpha value is -2.27. The molecule has 5 nitrogen and oxygen atoms in total. The molecule has 0 saturated carbocycles. The van der Waals surface area contributed by atoms with Crippen LogP contribution in [0.1, 0.15) is 35.1 Å². The fourth-order valence-electron chi connectivity index (χ4n) is 3.25. The Balaban J connectivity index is 2.04. The van der Waals surface area contributed by atoms with Gasteiger partial charge in [0, 0.05) is 0 Å². The minimum absolute atomic E-state index is 0.0362. The SMILES string of the molecule is NC(CO)(CCc1ccc(OCCCc2ccc(F)c(C(F)(F)F)c2)c(C(F)(F)F)c1)CO[PH+]=O. The van der Waals surface area contributed by atoms with Crippen molar-refractivity contribution in [2.75, 3.05) is 19.8 Å². The van der Waals surface area contributed by atoms with Crippen molar-refractivity contribution in [3.05, 3.63) is 64.5 Å². The second-order valence-electron chi connectivity index (χ2n) is 7.98. The van der Waals surface area contributed by atoms with Crippen LogP contribution in [0.4, 0.5) is 30.7 Å². The number of aliphatic hydroxyl groups is 1. The van der Waals surface area contributed by atoms with Crippen molar-refractivity contribution in [2.45, 2.75) is 43.6 Å². The van der Waals surface area contributed by atoms with Crippen molar-refractivity contribution in [3.8, 4) is 5.75 Å². The summed E-state index contributed by atoms with van der Waals surface area (Å²) in [5.74, 6) is -1.86. The summed E-state index contributed by atoms with van der Waals surface area (Å²) in [7, 11) is -1.09. The first-order valence-electron chi connectivity index (χ1n) is 10.4. The van der Waals surface area contributed by atoms with Crippen LogP contribution >= 0.6 is 8.69 Å². The number of hydrogen-bond acceptors (Lipinski definition) is 5. The van der Waals surface area contributed by atoms with Crippen molar-refractivity contribution < 1.29 is 49.7 Å². The summed E-state index contributed by atoms with van der Waals surface area (Å²) in [6, 6.07) is 5.95. The van der Waals surface area contributed by atoms with Crippen LogP contribution in [-0.2, 0) is 34.3 Å². The van der Waals surface area contributed by atoms with E-state index in [1.54, 1.807) is 0 Å². The van der Waals surface area contributed by atoms with E-state index in [4.69, 9.17) is 15.0 Å². The van der Waals surface area contributed by atoms with E-state index in [0.29, 0.717) is 12.1 Å². The molecular formula is C22H24F7NO4P+. The third kappa shape index (κ3) is 8.71. The standard InChI is InChI=1S/C22H24F7NO4P/c23-18-5-3-14(10-16(18)21(24,25)26)2-1-9-33-19-6-4-15(11-17(19)22(27,28)29)7-8-20(30,12-31)13-34-35-32/h3-6,10-11,31,35H,1-2,7-9,12-13,30H2/q+1. The maximum Gasteiger partial charge on any atom is 0.494 e. The Labute approximate surface area is 198 Å². The molecule has 2 atom stereocenters. The molecule has 2 aromatic rings. The van der Waals surface area contributed by atoms with E-state index in [-0.39, 0.29) is 50.0 Å². The number of aliphatic hydroxyl groups excluding tert-OH is 1. The Morgan fingerprint density at radius 3 is 2.11 bits per heavy atom. The maximum atomic E-state index is 13.6. The highest BCUT2D eigenvalue weighted by atomic mass is 31.1. The number of nitrogens with two attached hydrogens (primary N) is 1. The zero-order valence-electron chi connectivity index (χ0n) is 18.3. The number of alkyl halides is 6. The predicted molar refractivity (Wildman–Crippen MR) is 114 cm³/mol. The van der Waals surface area contributed by atoms with E-state index in [0.717, 1.165) is 12.1 Å². The van der Waals surface area contributed by atoms with Gasteiger partial charge in [-0.05, 0) is 65.6 Å². The van der Waals surface area contributed by atoms with Gasteiger partial charge in [0.15, 0.2) is 0 Å². The van der Waals surface area contributed by atoms with Gasteiger partial charge in [-0.1, -0.05) is 12.1 Å². The quantitative estimate of drug-likeness (QED) is 0.217. The van der Waals surface area contributed by atoms with Crippen LogP contribution in [-0.4, -0.2) is 30.5 Å². The first-order valence-corrected chi connectivity index (χ1v) is 11.2. The average molecular weight is 530 g/mol. The van der Waals surface area contributed by atoms with Crippen LogP contribution in [0.2, 0.25) is 0 Å². The van der Waals surface area contributed by atoms with Crippen molar-refractivity contribution in [1.29, 1.82) is 0 Å². The lowest BCUT2D eigenvalue weighted by molar-refractivity contribution is -0.140. The average Bonchev–Trinajstić information content (AvgIpc) is 2.79. The van der Waals surface area contributed by atoms with Gasteiger partial charge in [-0.3, -0.25) is 0 Å². The molecule has 0 aromatic heterocycles. The van der Waals surface area contributed by atoms with E-state index < -0.39 is 55.9 Å². The van der Waals surface area contributed by atoms with Crippen LogP contribution in [0.15, 0.2) is 36.4 Å². The smallest absolute Gasteiger partial charge is 0.493 e. The molecule has 0 aliphatic heterocycles. The number of aryl methyl sites for hydroxylation is 2. The zero-order chi connectivity index (χ0) is 26.3. The van der Waals surface area contributed by atoms with Crippen LogP contribution in [0.25, 0.3) is 0 Å². The Kier molecular flexibility index (Phi) is 10.0. The molecule has 3 N–H and O–H groups in total. The lowest BCUT2D eigenvalue weighted by Crippen LogP contribution is -2.47. The zero-order valence-corrected chi connectivity index (χ0v) is 19.3. The van der Waals surface area contributed by atoms with Gasteiger partial charge >= 0.3 is 21.0 Å². The van der Waals surface area contributed by atoms with Gasteiger partial charge in [0.2, 0.25) is 0 Å². The third-order valence-corrected chi connectivity index (χ3v) is 5.46. The second kappa shape index (κ2) is 12.1. The highest BCUT2D eigenvalue weighted by Gasteiger charge is 2.36. The van der Waals surface area contributed by atoms with E-state index in [2.05, 4.69) is 0 Å². The van der Waals surface area contributed by atoms with Gasteiger partial charge in [0.25, 0.3) is 0 Å². The third-order valence-electron chi connectivity index (χ3n) is 5.20. The van der Waals surface area contributed by atoms with Crippen LogP contribution < -0.4 is 10.5 Å². The fraction of sp³-hybridized carbons (Fsp3) is 0.455. The Bertz CT molecular complexity index is 1000. The van der Waals surface area contributed by atoms with Gasteiger partial charge in [-0.15, -0.1) is 4.52 Å². The van der Waals surface area contributed by atoms with Gasteiger partial charge in [-0.2, -0.15) is 26.3 Å². The van der Waals surface area contributed by atoms with Gasteiger partial charge in [0.05, 0.1) is 29.9 Å². The number of hydrogen-bond donors (Lipinski definition) is 2. The maximum absolute atomic E-state index is 13.6. The first-order chi connectivity index (χ1) is 16.3. The summed E-state index contributed by atoms with van der Waals surface area (Å²) >= 11 is 0. The van der Waals surface area contributed by atoms with E-state index in [9.17, 15) is 40.4 Å². The fourth-order valence-corrected chi connectivity index (χ4v) is 3.59. The van der Waals surface area contributed by atoms with Gasteiger partial charge < -0.3 is 15.6 Å². The summed E-state index contributed by atoms with van der Waals surface area (Å²) in [5.41, 5.74) is 2.62. The van der Waals surface area contributed by atoms with Gasteiger partial charge in [0.1, 0.15) is 18.2 Å². The van der Waals surface area contributed by atoms with E-state index in [1.807, 2.05) is 0 Å². The first kappa shape index (κ1) is 29.0. The molecule has 13 heteroatoms. The minimum atomic E-state index is -4.86. The predicted octanol–water partition coefficient (Wildman–Crippen LogP) is 5.45. The van der Waals surface area contributed by atoms with Crippen LogP contribution in [0.5, 0.6) is 5.75 Å². The molecule has 0 radical (unpaired) electrons. The number of benzene rings is 2. The molecule has 35 heavy (non-hydrogen) atoms. The summed E-state index contributed by atoms with van der Waals surface area (Å²) < 4.78 is 113. The molecular weight excluding hydrogens is 506 g/mol. The summed E-state index contributed by atoms with van der Waals surface area (Å²) in [5, 5.41) is 9.41. The monoisotopic (exact) mass is 530 g/mol. The lowest BCUT2D eigenvalue weighted by atomic mass is 9.93. The summed E-state index contributed by atoms with van der Waals surface area (Å²) in [6.45, 7) is -0.981. The molecule has 2 unspecified atom stereocenters. The van der Waals surface area contributed by atoms with Gasteiger partial charge in [-0.25, -0.2) is 4.39 Å². The highest BCUT2D eigenvalue weighted by Crippen LogP contribution is 2.37. The molecule has 0 heterocycles. The molecule has 2 rings (SSSR count). The van der Waals surface area contributed by atoms with E-state index in [1.165, 1.54) is 12.1 Å². The Morgan fingerprint density at radius 2 is 1.51 bits per heavy atom. The molecule has 0 aliphatic carbocycles. The largest absolute Gasteiger partial charge is 0.494 e. The van der Waals surface area contributed by atoms with Crippen LogP contribution in [0.3, 0.4) is 0 Å².